The molecule has 5 heteroatoms. The number of hydrogen-bond donors (Lipinski definition) is 0. The highest BCUT2D eigenvalue weighted by atomic mass is 16.5. The number of hydrogen-bond acceptors (Lipinski definition) is 4. The van der Waals surface area contributed by atoms with Gasteiger partial charge >= 0.3 is 0 Å². The average Bonchev–Trinajstić information content (AvgIpc) is 2.77. The molecule has 0 bridgehead atoms. The fourth-order valence-corrected chi connectivity index (χ4v) is 1.20. The summed E-state index contributed by atoms with van der Waals surface area (Å²) in [7, 11) is 0. The van der Waals surface area contributed by atoms with Crippen LogP contribution in [0.15, 0.2) is 16.8 Å². The van der Waals surface area contributed by atoms with Gasteiger partial charge in [-0.05, 0) is 13.0 Å². The Hall–Kier alpha value is -1.65. The topological polar surface area (TPSA) is 56.7 Å². The monoisotopic (exact) mass is 192 g/mol. The summed E-state index contributed by atoms with van der Waals surface area (Å²) in [6, 6.07) is 1.95. The Balaban J connectivity index is 2.15. The summed E-state index contributed by atoms with van der Waals surface area (Å²) in [5.41, 5.74) is 1.09. The molecule has 0 aromatic carbocycles. The molecule has 2 aromatic rings. The standard InChI is InChI=1S/C9H12N4O/c1-3-9-11-8(12-14-9)6-13-7(2)4-5-10-13/h4-5H,3,6H2,1-2H3. The van der Waals surface area contributed by atoms with Gasteiger partial charge in [-0.25, -0.2) is 0 Å². The van der Waals surface area contributed by atoms with Crippen molar-refractivity contribution in [1.29, 1.82) is 0 Å². The normalized spacial score (nSPS) is 10.7. The fourth-order valence-electron chi connectivity index (χ4n) is 1.20. The summed E-state index contributed by atoms with van der Waals surface area (Å²) in [6.45, 7) is 4.55. The number of aryl methyl sites for hydroxylation is 2. The molecule has 2 heterocycles. The van der Waals surface area contributed by atoms with Crippen molar-refractivity contribution in [3.05, 3.63) is 29.7 Å². The Bertz CT molecular complexity index is 418. The van der Waals surface area contributed by atoms with Gasteiger partial charge in [0.05, 0.1) is 0 Å². The van der Waals surface area contributed by atoms with Gasteiger partial charge in [-0.15, -0.1) is 0 Å². The predicted octanol–water partition coefficient (Wildman–Crippen LogP) is 1.19. The van der Waals surface area contributed by atoms with Crippen molar-refractivity contribution in [1.82, 2.24) is 19.9 Å². The zero-order valence-corrected chi connectivity index (χ0v) is 8.27. The van der Waals surface area contributed by atoms with Crippen LogP contribution in [0, 0.1) is 6.92 Å². The largest absolute Gasteiger partial charge is 0.339 e. The maximum Gasteiger partial charge on any atom is 0.226 e. The molecule has 0 aliphatic heterocycles. The van der Waals surface area contributed by atoms with E-state index in [1.165, 1.54) is 0 Å². The minimum atomic E-state index is 0.572. The summed E-state index contributed by atoms with van der Waals surface area (Å²) >= 11 is 0. The third kappa shape index (κ3) is 1.66. The first-order valence-electron chi connectivity index (χ1n) is 4.59. The molecule has 0 spiro atoms. The predicted molar refractivity (Wildman–Crippen MR) is 49.7 cm³/mol. The van der Waals surface area contributed by atoms with Gasteiger partial charge in [-0.2, -0.15) is 10.1 Å². The van der Waals surface area contributed by atoms with Gasteiger partial charge in [0, 0.05) is 18.3 Å². The molecule has 0 saturated carbocycles. The van der Waals surface area contributed by atoms with Crippen LogP contribution in [0.4, 0.5) is 0 Å². The van der Waals surface area contributed by atoms with E-state index in [9.17, 15) is 0 Å². The summed E-state index contributed by atoms with van der Waals surface area (Å²) < 4.78 is 6.84. The molecule has 0 radical (unpaired) electrons. The Kier molecular flexibility index (Phi) is 2.30. The van der Waals surface area contributed by atoms with Crippen molar-refractivity contribution in [2.45, 2.75) is 26.8 Å². The third-order valence-corrected chi connectivity index (χ3v) is 2.03. The van der Waals surface area contributed by atoms with Gasteiger partial charge in [-0.1, -0.05) is 12.1 Å². The summed E-state index contributed by atoms with van der Waals surface area (Å²) in [6.07, 6.45) is 2.53. The first-order valence-corrected chi connectivity index (χ1v) is 4.59. The molecule has 2 aromatic heterocycles. The second-order valence-corrected chi connectivity index (χ2v) is 3.09. The van der Waals surface area contributed by atoms with E-state index in [-0.39, 0.29) is 0 Å². The maximum absolute atomic E-state index is 5.00. The molecule has 0 aliphatic rings. The van der Waals surface area contributed by atoms with Crippen LogP contribution in [0.25, 0.3) is 0 Å². The maximum atomic E-state index is 5.00. The molecule has 0 atom stereocenters. The van der Waals surface area contributed by atoms with Crippen molar-refractivity contribution in [2.24, 2.45) is 0 Å². The van der Waals surface area contributed by atoms with Gasteiger partial charge in [0.1, 0.15) is 6.54 Å². The highest BCUT2D eigenvalue weighted by Crippen LogP contribution is 2.02. The van der Waals surface area contributed by atoms with Crippen LogP contribution in [0.3, 0.4) is 0 Å². The Labute approximate surface area is 81.7 Å². The molecule has 0 saturated heterocycles. The average molecular weight is 192 g/mol. The van der Waals surface area contributed by atoms with E-state index >= 15 is 0 Å². The van der Waals surface area contributed by atoms with Gasteiger partial charge in [-0.3, -0.25) is 4.68 Å². The lowest BCUT2D eigenvalue weighted by atomic mass is 10.4. The second-order valence-electron chi connectivity index (χ2n) is 3.09. The minimum Gasteiger partial charge on any atom is -0.339 e. The van der Waals surface area contributed by atoms with Crippen LogP contribution >= 0.6 is 0 Å². The zero-order valence-electron chi connectivity index (χ0n) is 8.27. The molecular weight excluding hydrogens is 180 g/mol. The van der Waals surface area contributed by atoms with Crippen molar-refractivity contribution in [2.75, 3.05) is 0 Å². The molecule has 74 valence electrons. The number of nitrogens with zero attached hydrogens (tertiary/aromatic N) is 4. The first kappa shape index (κ1) is 8.93. The van der Waals surface area contributed by atoms with Crippen LogP contribution in [-0.2, 0) is 13.0 Å². The Morgan fingerprint density at radius 1 is 1.50 bits per heavy atom. The van der Waals surface area contributed by atoms with Crippen LogP contribution in [-0.4, -0.2) is 19.9 Å². The smallest absolute Gasteiger partial charge is 0.226 e. The molecular formula is C9H12N4O. The van der Waals surface area contributed by atoms with Crippen molar-refractivity contribution in [3.63, 3.8) is 0 Å². The van der Waals surface area contributed by atoms with E-state index in [1.54, 1.807) is 6.20 Å². The summed E-state index contributed by atoms with van der Waals surface area (Å²) in [5, 5.41) is 8.00. The van der Waals surface area contributed by atoms with E-state index in [0.29, 0.717) is 18.3 Å². The second kappa shape index (κ2) is 3.61. The first-order chi connectivity index (χ1) is 6.79. The molecule has 5 nitrogen and oxygen atoms in total. The van der Waals surface area contributed by atoms with Crippen molar-refractivity contribution in [3.8, 4) is 0 Å². The number of rotatable bonds is 3. The molecule has 14 heavy (non-hydrogen) atoms. The van der Waals surface area contributed by atoms with Crippen LogP contribution in [0.1, 0.15) is 24.3 Å². The van der Waals surface area contributed by atoms with E-state index in [2.05, 4.69) is 15.2 Å². The third-order valence-electron chi connectivity index (χ3n) is 2.03. The molecule has 0 aliphatic carbocycles. The SMILES string of the molecule is CCc1nc(Cn2nccc2C)no1. The lowest BCUT2D eigenvalue weighted by Crippen LogP contribution is -2.04. The van der Waals surface area contributed by atoms with E-state index in [4.69, 9.17) is 4.52 Å². The van der Waals surface area contributed by atoms with Crippen LogP contribution in [0.5, 0.6) is 0 Å². The van der Waals surface area contributed by atoms with Crippen LogP contribution < -0.4 is 0 Å². The molecule has 0 fully saturated rings. The Morgan fingerprint density at radius 3 is 2.93 bits per heavy atom. The van der Waals surface area contributed by atoms with Gasteiger partial charge in [0.25, 0.3) is 0 Å². The molecule has 2 rings (SSSR count). The zero-order chi connectivity index (χ0) is 9.97. The lowest BCUT2D eigenvalue weighted by Gasteiger charge is -1.98. The van der Waals surface area contributed by atoms with Gasteiger partial charge < -0.3 is 4.52 Å². The van der Waals surface area contributed by atoms with E-state index in [1.807, 2.05) is 24.6 Å². The van der Waals surface area contributed by atoms with E-state index in [0.717, 1.165) is 12.1 Å². The molecule has 0 N–H and O–H groups in total. The van der Waals surface area contributed by atoms with Crippen molar-refractivity contribution >= 4 is 0 Å². The van der Waals surface area contributed by atoms with Crippen LogP contribution in [0.2, 0.25) is 0 Å². The number of aromatic nitrogens is 4. The highest BCUT2D eigenvalue weighted by Gasteiger charge is 2.06. The Morgan fingerprint density at radius 2 is 2.36 bits per heavy atom. The van der Waals surface area contributed by atoms with E-state index < -0.39 is 0 Å². The summed E-state index contributed by atoms with van der Waals surface area (Å²) in [5.74, 6) is 1.35. The van der Waals surface area contributed by atoms with Gasteiger partial charge in [0.2, 0.25) is 5.89 Å². The van der Waals surface area contributed by atoms with Crippen molar-refractivity contribution < 1.29 is 4.52 Å². The fraction of sp³-hybridized carbons (Fsp3) is 0.444. The highest BCUT2D eigenvalue weighted by molar-refractivity contribution is 4.99. The molecule has 0 unspecified atom stereocenters. The summed E-state index contributed by atoms with van der Waals surface area (Å²) in [4.78, 5) is 4.21. The van der Waals surface area contributed by atoms with Gasteiger partial charge in [0.15, 0.2) is 5.82 Å². The lowest BCUT2D eigenvalue weighted by molar-refractivity contribution is 0.374. The quantitative estimate of drug-likeness (QED) is 0.732. The minimum absolute atomic E-state index is 0.572. The molecule has 0 amide bonds.